The van der Waals surface area contributed by atoms with Crippen molar-refractivity contribution >= 4 is 33.8 Å². The topological polar surface area (TPSA) is 88.1 Å². The molecule has 0 unspecified atom stereocenters. The first-order chi connectivity index (χ1) is 9.40. The molecular weight excluding hydrogens is 336 g/mol. The van der Waals surface area contributed by atoms with Crippen LogP contribution >= 0.6 is 15.9 Å². The van der Waals surface area contributed by atoms with Crippen LogP contribution in [-0.4, -0.2) is 51.2 Å². The molecule has 0 amide bonds. The Balaban J connectivity index is 3.37. The average molecular weight is 351 g/mol. The standard InChI is InChI=1S/C12H15BrO7/c1-17-6(14)5-12(11(16)20-4)7(10(15)19-3)8(18-2)9(12)13/h9H,5H2,1-4H3/t9-,12+/m1/s1. The van der Waals surface area contributed by atoms with Gasteiger partial charge in [0.05, 0.1) is 45.3 Å². The minimum absolute atomic E-state index is 0.0402. The summed E-state index contributed by atoms with van der Waals surface area (Å²) in [6.07, 6.45) is -0.358. The van der Waals surface area contributed by atoms with Gasteiger partial charge in [-0.25, -0.2) is 4.79 Å². The Labute approximate surface area is 124 Å². The van der Waals surface area contributed by atoms with E-state index in [9.17, 15) is 14.4 Å². The highest BCUT2D eigenvalue weighted by molar-refractivity contribution is 9.09. The predicted molar refractivity (Wildman–Crippen MR) is 69.8 cm³/mol. The first-order valence-electron chi connectivity index (χ1n) is 5.56. The number of ether oxygens (including phenoxy) is 4. The molecule has 8 heteroatoms. The van der Waals surface area contributed by atoms with E-state index >= 15 is 0 Å². The number of esters is 3. The Hall–Kier alpha value is -1.57. The summed E-state index contributed by atoms with van der Waals surface area (Å²) in [5, 5.41) is 0. The minimum atomic E-state index is -1.51. The van der Waals surface area contributed by atoms with E-state index < -0.39 is 28.2 Å². The van der Waals surface area contributed by atoms with Crippen molar-refractivity contribution in [3.05, 3.63) is 11.3 Å². The zero-order chi connectivity index (χ0) is 15.5. The third kappa shape index (κ3) is 2.28. The number of rotatable bonds is 5. The molecule has 0 saturated carbocycles. The molecule has 7 nitrogen and oxygen atoms in total. The van der Waals surface area contributed by atoms with E-state index in [0.717, 1.165) is 0 Å². The fourth-order valence-electron chi connectivity index (χ4n) is 2.15. The van der Waals surface area contributed by atoms with Gasteiger partial charge >= 0.3 is 17.9 Å². The Morgan fingerprint density at radius 3 is 2.10 bits per heavy atom. The lowest BCUT2D eigenvalue weighted by Gasteiger charge is -2.44. The summed E-state index contributed by atoms with van der Waals surface area (Å²) >= 11 is 3.25. The van der Waals surface area contributed by atoms with Crippen LogP contribution in [-0.2, 0) is 33.3 Å². The quantitative estimate of drug-likeness (QED) is 0.406. The molecule has 0 saturated heterocycles. The highest BCUT2D eigenvalue weighted by Gasteiger charge is 2.64. The summed E-state index contributed by atoms with van der Waals surface area (Å²) in [4.78, 5) is 34.9. The minimum Gasteiger partial charge on any atom is -0.499 e. The van der Waals surface area contributed by atoms with Crippen molar-refractivity contribution in [1.82, 2.24) is 0 Å². The Bertz CT molecular complexity index is 470. The SMILES string of the molecule is COC(=O)C[C@]1(C(=O)OC)C(C(=O)OC)=C(OC)[C@H]1Br. The normalized spacial score (nSPS) is 24.6. The van der Waals surface area contributed by atoms with Gasteiger partial charge in [-0.05, 0) is 0 Å². The lowest BCUT2D eigenvalue weighted by atomic mass is 9.64. The molecule has 0 spiro atoms. The summed E-state index contributed by atoms with van der Waals surface area (Å²) < 4.78 is 19.0. The number of hydrogen-bond donors (Lipinski definition) is 0. The second-order valence-electron chi connectivity index (χ2n) is 4.01. The highest BCUT2D eigenvalue weighted by atomic mass is 79.9. The first-order valence-corrected chi connectivity index (χ1v) is 6.48. The maximum absolute atomic E-state index is 12.1. The van der Waals surface area contributed by atoms with E-state index in [0.29, 0.717) is 0 Å². The van der Waals surface area contributed by atoms with Crippen molar-refractivity contribution in [3.8, 4) is 0 Å². The molecule has 0 aliphatic heterocycles. The Kier molecular flexibility index (Phi) is 5.15. The molecule has 0 fully saturated rings. The Morgan fingerprint density at radius 2 is 1.70 bits per heavy atom. The lowest BCUT2D eigenvalue weighted by Crippen LogP contribution is -2.55. The van der Waals surface area contributed by atoms with Gasteiger partial charge in [-0.15, -0.1) is 0 Å². The number of carbonyl (C=O) groups excluding carboxylic acids is 3. The van der Waals surface area contributed by atoms with Crippen LogP contribution in [0.25, 0.3) is 0 Å². The van der Waals surface area contributed by atoms with Crippen LogP contribution in [0.1, 0.15) is 6.42 Å². The average Bonchev–Trinajstić information content (AvgIpc) is 2.47. The smallest absolute Gasteiger partial charge is 0.338 e. The van der Waals surface area contributed by atoms with Gasteiger partial charge in [-0.2, -0.15) is 0 Å². The van der Waals surface area contributed by atoms with Crippen molar-refractivity contribution in [2.45, 2.75) is 11.2 Å². The van der Waals surface area contributed by atoms with Crippen molar-refractivity contribution in [1.29, 1.82) is 0 Å². The number of carbonyl (C=O) groups is 3. The van der Waals surface area contributed by atoms with Gasteiger partial charge in [-0.3, -0.25) is 9.59 Å². The van der Waals surface area contributed by atoms with Gasteiger partial charge in [0.25, 0.3) is 0 Å². The maximum Gasteiger partial charge on any atom is 0.338 e. The van der Waals surface area contributed by atoms with Crippen LogP contribution in [0.5, 0.6) is 0 Å². The monoisotopic (exact) mass is 350 g/mol. The number of alkyl halides is 1. The van der Waals surface area contributed by atoms with E-state index in [4.69, 9.17) is 9.47 Å². The van der Waals surface area contributed by atoms with E-state index in [2.05, 4.69) is 25.4 Å². The van der Waals surface area contributed by atoms with Gasteiger partial charge in [0.1, 0.15) is 11.2 Å². The van der Waals surface area contributed by atoms with Crippen molar-refractivity contribution in [2.24, 2.45) is 5.41 Å². The molecule has 2 atom stereocenters. The van der Waals surface area contributed by atoms with Crippen LogP contribution in [0, 0.1) is 5.41 Å². The molecule has 0 radical (unpaired) electrons. The number of methoxy groups -OCH3 is 4. The fourth-order valence-corrected chi connectivity index (χ4v) is 3.14. The van der Waals surface area contributed by atoms with Crippen molar-refractivity contribution in [3.63, 3.8) is 0 Å². The molecular formula is C12H15BrO7. The second-order valence-corrected chi connectivity index (χ2v) is 4.93. The highest BCUT2D eigenvalue weighted by Crippen LogP contribution is 2.54. The summed E-state index contributed by atoms with van der Waals surface area (Å²) in [5.74, 6) is -1.93. The lowest BCUT2D eigenvalue weighted by molar-refractivity contribution is -0.161. The zero-order valence-corrected chi connectivity index (χ0v) is 13.1. The van der Waals surface area contributed by atoms with E-state index in [1.165, 1.54) is 28.4 Å². The van der Waals surface area contributed by atoms with E-state index in [1.54, 1.807) is 0 Å². The molecule has 0 aromatic rings. The largest absolute Gasteiger partial charge is 0.499 e. The number of allylic oxidation sites excluding steroid dienone is 1. The summed E-state index contributed by atoms with van der Waals surface area (Å²) in [5.41, 5.74) is -1.55. The first kappa shape index (κ1) is 16.5. The number of halogens is 1. The zero-order valence-electron chi connectivity index (χ0n) is 11.5. The predicted octanol–water partition coefficient (Wildman–Crippen LogP) is 0.560. The molecule has 0 aromatic heterocycles. The van der Waals surface area contributed by atoms with Crippen LogP contribution in [0.2, 0.25) is 0 Å². The third-order valence-electron chi connectivity index (χ3n) is 3.17. The molecule has 0 bridgehead atoms. The van der Waals surface area contributed by atoms with Crippen LogP contribution in [0.3, 0.4) is 0 Å². The summed E-state index contributed by atoms with van der Waals surface area (Å²) in [6, 6.07) is 0. The summed E-state index contributed by atoms with van der Waals surface area (Å²) in [6.45, 7) is 0. The van der Waals surface area contributed by atoms with Crippen molar-refractivity contribution in [2.75, 3.05) is 28.4 Å². The van der Waals surface area contributed by atoms with E-state index in [-0.39, 0.29) is 17.8 Å². The molecule has 1 aliphatic rings. The van der Waals surface area contributed by atoms with Gasteiger partial charge < -0.3 is 18.9 Å². The van der Waals surface area contributed by atoms with Crippen molar-refractivity contribution < 1.29 is 33.3 Å². The Morgan fingerprint density at radius 1 is 1.10 bits per heavy atom. The van der Waals surface area contributed by atoms with Crippen LogP contribution < -0.4 is 0 Å². The molecule has 20 heavy (non-hydrogen) atoms. The molecule has 0 heterocycles. The molecule has 1 rings (SSSR count). The molecule has 0 N–H and O–H groups in total. The fraction of sp³-hybridized carbons (Fsp3) is 0.583. The van der Waals surface area contributed by atoms with E-state index in [1.807, 2.05) is 0 Å². The van der Waals surface area contributed by atoms with Gasteiger partial charge in [0.2, 0.25) is 0 Å². The van der Waals surface area contributed by atoms with Gasteiger partial charge in [-0.1, -0.05) is 15.9 Å². The maximum atomic E-state index is 12.1. The molecule has 112 valence electrons. The summed E-state index contributed by atoms with van der Waals surface area (Å²) in [7, 11) is 4.88. The van der Waals surface area contributed by atoms with Gasteiger partial charge in [0.15, 0.2) is 0 Å². The number of hydrogen-bond acceptors (Lipinski definition) is 7. The second kappa shape index (κ2) is 6.25. The molecule has 0 aromatic carbocycles. The molecule has 1 aliphatic carbocycles. The third-order valence-corrected chi connectivity index (χ3v) is 4.36. The van der Waals surface area contributed by atoms with Gasteiger partial charge in [0, 0.05) is 0 Å². The van der Waals surface area contributed by atoms with Crippen LogP contribution in [0.15, 0.2) is 11.3 Å². The van der Waals surface area contributed by atoms with Crippen LogP contribution in [0.4, 0.5) is 0 Å².